The second kappa shape index (κ2) is 3.85. The van der Waals surface area contributed by atoms with E-state index in [4.69, 9.17) is 0 Å². The minimum absolute atomic E-state index is 0.582. The van der Waals surface area contributed by atoms with Crippen molar-refractivity contribution >= 4 is 16.3 Å². The van der Waals surface area contributed by atoms with Gasteiger partial charge >= 0.3 is 0 Å². The van der Waals surface area contributed by atoms with Gasteiger partial charge in [-0.3, -0.25) is 0 Å². The summed E-state index contributed by atoms with van der Waals surface area (Å²) in [5, 5.41) is 2.61. The van der Waals surface area contributed by atoms with Crippen LogP contribution in [0.3, 0.4) is 0 Å². The Kier molecular flexibility index (Phi) is 2.32. The fraction of sp³-hybridized carbons (Fsp3) is 0.188. The quantitative estimate of drug-likeness (QED) is 0.436. The molecule has 0 aliphatic heterocycles. The Morgan fingerprint density at radius 2 is 1.82 bits per heavy atom. The van der Waals surface area contributed by atoms with Crippen LogP contribution in [0.2, 0.25) is 0 Å². The van der Waals surface area contributed by atoms with Crippen molar-refractivity contribution in [3.63, 3.8) is 0 Å². The van der Waals surface area contributed by atoms with Crippen molar-refractivity contribution in [2.24, 2.45) is 0 Å². The summed E-state index contributed by atoms with van der Waals surface area (Å²) in [4.78, 5) is 0. The minimum Gasteiger partial charge on any atom is -0.167 e. The SMILES string of the molecule is CC(C)c1ccc2c[n+]3ccccc3cc2c1. The molecule has 17 heavy (non-hydrogen) atoms. The molecule has 1 nitrogen and oxygen atoms in total. The van der Waals surface area contributed by atoms with Crippen LogP contribution in [-0.4, -0.2) is 0 Å². The van der Waals surface area contributed by atoms with E-state index in [1.807, 2.05) is 0 Å². The molecule has 0 unspecified atom stereocenters. The normalized spacial score (nSPS) is 11.5. The van der Waals surface area contributed by atoms with E-state index in [2.05, 4.69) is 73.1 Å². The zero-order valence-electron chi connectivity index (χ0n) is 10.2. The lowest BCUT2D eigenvalue weighted by atomic mass is 10.00. The lowest BCUT2D eigenvalue weighted by molar-refractivity contribution is -0.510. The predicted octanol–water partition coefficient (Wildman–Crippen LogP) is 3.70. The highest BCUT2D eigenvalue weighted by atomic mass is 14.8. The van der Waals surface area contributed by atoms with Gasteiger partial charge in [-0.25, -0.2) is 0 Å². The summed E-state index contributed by atoms with van der Waals surface area (Å²) in [6, 6.07) is 15.3. The third-order valence-corrected chi connectivity index (χ3v) is 3.28. The number of pyridine rings is 2. The first-order valence-corrected chi connectivity index (χ1v) is 6.08. The molecule has 0 radical (unpaired) electrons. The summed E-state index contributed by atoms with van der Waals surface area (Å²) in [7, 11) is 0. The summed E-state index contributed by atoms with van der Waals surface area (Å²) in [5.41, 5.74) is 2.64. The van der Waals surface area contributed by atoms with E-state index in [0.717, 1.165) is 0 Å². The maximum atomic E-state index is 2.30. The summed E-state index contributed by atoms with van der Waals surface area (Å²) >= 11 is 0. The first kappa shape index (κ1) is 10.3. The van der Waals surface area contributed by atoms with E-state index in [0.29, 0.717) is 5.92 Å². The van der Waals surface area contributed by atoms with Gasteiger partial charge in [-0.1, -0.05) is 26.0 Å². The smallest absolute Gasteiger partial charge is 0.167 e. The number of hydrogen-bond acceptors (Lipinski definition) is 0. The first-order chi connectivity index (χ1) is 8.24. The average molecular weight is 222 g/mol. The van der Waals surface area contributed by atoms with Crippen LogP contribution in [0, 0.1) is 0 Å². The highest BCUT2D eigenvalue weighted by Gasteiger charge is 2.06. The van der Waals surface area contributed by atoms with Crippen LogP contribution < -0.4 is 4.40 Å². The standard InChI is InChI=1S/C16H16N/c1-12(2)13-6-7-14-11-17-8-4-3-5-16(17)10-15(14)9-13/h3-12H,1-2H3/q+1. The monoisotopic (exact) mass is 222 g/mol. The number of rotatable bonds is 1. The van der Waals surface area contributed by atoms with Crippen LogP contribution in [0.15, 0.2) is 54.9 Å². The van der Waals surface area contributed by atoms with E-state index in [1.165, 1.54) is 21.9 Å². The molecule has 0 N–H and O–H groups in total. The van der Waals surface area contributed by atoms with Gasteiger partial charge in [-0.2, -0.15) is 4.40 Å². The summed E-state index contributed by atoms with van der Waals surface area (Å²) < 4.78 is 2.16. The number of benzene rings is 1. The second-order valence-electron chi connectivity index (χ2n) is 4.85. The number of nitrogens with zero attached hydrogens (tertiary/aromatic N) is 1. The molecule has 0 amide bonds. The van der Waals surface area contributed by atoms with Gasteiger partial charge in [0.1, 0.15) is 0 Å². The maximum Gasteiger partial charge on any atom is 0.211 e. The Morgan fingerprint density at radius 3 is 2.65 bits per heavy atom. The predicted molar refractivity (Wildman–Crippen MR) is 71.2 cm³/mol. The fourth-order valence-electron chi connectivity index (χ4n) is 2.21. The molecule has 0 atom stereocenters. The van der Waals surface area contributed by atoms with Crippen LogP contribution in [0.1, 0.15) is 25.3 Å². The van der Waals surface area contributed by atoms with Crippen LogP contribution in [0.25, 0.3) is 16.3 Å². The zero-order chi connectivity index (χ0) is 11.8. The third kappa shape index (κ3) is 1.78. The van der Waals surface area contributed by atoms with Crippen molar-refractivity contribution in [2.75, 3.05) is 0 Å². The Bertz CT molecular complexity index is 683. The van der Waals surface area contributed by atoms with Crippen LogP contribution in [0.5, 0.6) is 0 Å². The third-order valence-electron chi connectivity index (χ3n) is 3.28. The van der Waals surface area contributed by atoms with E-state index in [-0.39, 0.29) is 0 Å². The molecule has 84 valence electrons. The second-order valence-corrected chi connectivity index (χ2v) is 4.85. The molecule has 2 heterocycles. The van der Waals surface area contributed by atoms with Gasteiger partial charge in [0.2, 0.25) is 5.52 Å². The van der Waals surface area contributed by atoms with Crippen molar-refractivity contribution in [3.05, 3.63) is 60.4 Å². The van der Waals surface area contributed by atoms with Gasteiger partial charge in [0, 0.05) is 23.6 Å². The topological polar surface area (TPSA) is 4.10 Å². The zero-order valence-corrected chi connectivity index (χ0v) is 10.2. The highest BCUT2D eigenvalue weighted by molar-refractivity contribution is 5.84. The average Bonchev–Trinajstić information content (AvgIpc) is 2.35. The van der Waals surface area contributed by atoms with E-state index in [1.54, 1.807) is 0 Å². The van der Waals surface area contributed by atoms with Gasteiger partial charge in [-0.15, -0.1) is 0 Å². The Morgan fingerprint density at radius 1 is 0.941 bits per heavy atom. The number of aromatic nitrogens is 1. The van der Waals surface area contributed by atoms with E-state index >= 15 is 0 Å². The molecule has 0 saturated heterocycles. The molecule has 1 heteroatoms. The summed E-state index contributed by atoms with van der Waals surface area (Å²) in [6.45, 7) is 4.47. The van der Waals surface area contributed by atoms with Crippen LogP contribution in [0.4, 0.5) is 0 Å². The van der Waals surface area contributed by atoms with Gasteiger partial charge in [-0.05, 0) is 29.0 Å². The Labute approximate surface area is 101 Å². The van der Waals surface area contributed by atoms with Crippen molar-refractivity contribution in [1.82, 2.24) is 0 Å². The van der Waals surface area contributed by atoms with E-state index in [9.17, 15) is 0 Å². The Hall–Kier alpha value is -1.89. The number of hydrogen-bond donors (Lipinski definition) is 0. The molecule has 0 bridgehead atoms. The first-order valence-electron chi connectivity index (χ1n) is 6.08. The lowest BCUT2D eigenvalue weighted by Crippen LogP contribution is -2.19. The highest BCUT2D eigenvalue weighted by Crippen LogP contribution is 2.21. The van der Waals surface area contributed by atoms with Gasteiger partial charge < -0.3 is 0 Å². The minimum atomic E-state index is 0.582. The van der Waals surface area contributed by atoms with E-state index < -0.39 is 0 Å². The lowest BCUT2D eigenvalue weighted by Gasteiger charge is -2.05. The number of fused-ring (bicyclic) bond motifs is 2. The molecule has 1 aromatic carbocycles. The molecule has 3 aromatic rings. The fourth-order valence-corrected chi connectivity index (χ4v) is 2.21. The van der Waals surface area contributed by atoms with Crippen molar-refractivity contribution in [2.45, 2.75) is 19.8 Å². The van der Waals surface area contributed by atoms with Gasteiger partial charge in [0.15, 0.2) is 12.4 Å². The van der Waals surface area contributed by atoms with Crippen LogP contribution >= 0.6 is 0 Å². The molecular weight excluding hydrogens is 206 g/mol. The summed E-state index contributed by atoms with van der Waals surface area (Å²) in [5.74, 6) is 0.582. The molecule has 0 fully saturated rings. The molecule has 0 aliphatic rings. The van der Waals surface area contributed by atoms with Crippen molar-refractivity contribution in [1.29, 1.82) is 0 Å². The molecular formula is C16H16N+. The van der Waals surface area contributed by atoms with Gasteiger partial charge in [0.25, 0.3) is 0 Å². The Balaban J connectivity index is 2.32. The molecule has 0 saturated carbocycles. The molecule has 3 rings (SSSR count). The molecule has 0 aliphatic carbocycles. The van der Waals surface area contributed by atoms with Gasteiger partial charge in [0.05, 0.1) is 0 Å². The largest absolute Gasteiger partial charge is 0.211 e. The van der Waals surface area contributed by atoms with Crippen molar-refractivity contribution in [3.8, 4) is 0 Å². The van der Waals surface area contributed by atoms with Crippen LogP contribution in [-0.2, 0) is 0 Å². The maximum absolute atomic E-state index is 2.30. The molecule has 2 aromatic heterocycles. The van der Waals surface area contributed by atoms with Crippen molar-refractivity contribution < 1.29 is 4.40 Å². The summed E-state index contributed by atoms with van der Waals surface area (Å²) in [6.07, 6.45) is 4.28. The molecule has 0 spiro atoms.